The Kier molecular flexibility index (Phi) is 7.29. The summed E-state index contributed by atoms with van der Waals surface area (Å²) in [4.78, 5) is 55.0. The molecule has 0 spiro atoms. The quantitative estimate of drug-likeness (QED) is 0.358. The molecule has 3 aromatic rings. The number of rotatable bonds is 7. The van der Waals surface area contributed by atoms with E-state index in [4.69, 9.17) is 4.74 Å². The smallest absolute Gasteiger partial charge is 0.338 e. The second kappa shape index (κ2) is 10.6. The van der Waals surface area contributed by atoms with Gasteiger partial charge < -0.3 is 9.64 Å². The third-order valence-corrected chi connectivity index (χ3v) is 6.33. The molecule has 0 N–H and O–H groups in total. The summed E-state index contributed by atoms with van der Waals surface area (Å²) in [6, 6.07) is 21.3. The molecule has 1 aliphatic rings. The van der Waals surface area contributed by atoms with Gasteiger partial charge in [-0.2, -0.15) is 0 Å². The zero-order valence-electron chi connectivity index (χ0n) is 20.5. The molecule has 0 saturated carbocycles. The Hall–Kier alpha value is -4.26. The van der Waals surface area contributed by atoms with Crippen molar-refractivity contribution in [1.29, 1.82) is 0 Å². The van der Waals surface area contributed by atoms with Crippen LogP contribution in [0.3, 0.4) is 0 Å². The number of carbonyl (C=O) groups is 4. The van der Waals surface area contributed by atoms with E-state index in [1.54, 1.807) is 19.1 Å². The lowest BCUT2D eigenvalue weighted by atomic mass is 10.0. The zero-order valence-corrected chi connectivity index (χ0v) is 20.5. The van der Waals surface area contributed by atoms with E-state index in [9.17, 15) is 19.2 Å². The number of ether oxygens (including phenoxy) is 1. The minimum absolute atomic E-state index is 0.132. The molecule has 3 amide bonds. The van der Waals surface area contributed by atoms with Gasteiger partial charge in [-0.25, -0.2) is 9.69 Å². The molecule has 1 aliphatic heterocycles. The van der Waals surface area contributed by atoms with Gasteiger partial charge in [0, 0.05) is 5.56 Å². The lowest BCUT2D eigenvalue weighted by molar-refractivity contribution is -0.123. The van der Waals surface area contributed by atoms with Crippen molar-refractivity contribution in [2.75, 3.05) is 11.5 Å². The van der Waals surface area contributed by atoms with E-state index in [1.807, 2.05) is 56.3 Å². The average molecular weight is 485 g/mol. The van der Waals surface area contributed by atoms with Gasteiger partial charge in [0.1, 0.15) is 6.04 Å². The molecule has 7 heteroatoms. The SMILES string of the molecule is CCOC(=O)c1ccc(N2C(=O)CC(N(C(=O)c3ccc(C)cc3)C(C)c3ccccc3)C2=O)cc1. The van der Waals surface area contributed by atoms with Gasteiger partial charge in [-0.1, -0.05) is 48.0 Å². The maximum atomic E-state index is 13.7. The van der Waals surface area contributed by atoms with Crippen molar-refractivity contribution in [3.05, 3.63) is 101 Å². The molecular weight excluding hydrogens is 456 g/mol. The molecule has 2 unspecified atom stereocenters. The highest BCUT2D eigenvalue weighted by atomic mass is 16.5. The number of hydrogen-bond donors (Lipinski definition) is 0. The summed E-state index contributed by atoms with van der Waals surface area (Å²) in [6.07, 6.45) is -0.132. The highest BCUT2D eigenvalue weighted by Gasteiger charge is 2.46. The summed E-state index contributed by atoms with van der Waals surface area (Å²) in [5.74, 6) is -1.69. The first kappa shape index (κ1) is 24.9. The molecule has 0 aliphatic carbocycles. The summed E-state index contributed by atoms with van der Waals surface area (Å²) >= 11 is 0. The van der Waals surface area contributed by atoms with Crippen LogP contribution in [0.5, 0.6) is 0 Å². The average Bonchev–Trinajstić information content (AvgIpc) is 3.18. The number of hydrogen-bond acceptors (Lipinski definition) is 5. The van der Waals surface area contributed by atoms with E-state index in [-0.39, 0.29) is 18.9 Å². The summed E-state index contributed by atoms with van der Waals surface area (Å²) in [5, 5.41) is 0. The third-order valence-electron chi connectivity index (χ3n) is 6.33. The number of imide groups is 1. The standard InChI is InChI=1S/C29H28N2O5/c1-4-36-29(35)23-14-16-24(17-15-23)31-26(32)18-25(28(31)34)30(20(3)21-8-6-5-7-9-21)27(33)22-12-10-19(2)11-13-22/h5-17,20,25H,4,18H2,1-3H3. The van der Waals surface area contributed by atoms with Crippen LogP contribution >= 0.6 is 0 Å². The van der Waals surface area contributed by atoms with E-state index >= 15 is 0 Å². The van der Waals surface area contributed by atoms with Gasteiger partial charge in [-0.3, -0.25) is 14.4 Å². The molecule has 36 heavy (non-hydrogen) atoms. The molecule has 4 rings (SSSR count). The van der Waals surface area contributed by atoms with Crippen LogP contribution in [0.15, 0.2) is 78.9 Å². The number of anilines is 1. The lowest BCUT2D eigenvalue weighted by Crippen LogP contribution is -2.46. The van der Waals surface area contributed by atoms with Crippen LogP contribution in [0.2, 0.25) is 0 Å². The van der Waals surface area contributed by atoms with Crippen LogP contribution in [0.4, 0.5) is 5.69 Å². The van der Waals surface area contributed by atoms with Crippen molar-refractivity contribution in [3.63, 3.8) is 0 Å². The van der Waals surface area contributed by atoms with Gasteiger partial charge in [-0.15, -0.1) is 0 Å². The van der Waals surface area contributed by atoms with Gasteiger partial charge in [-0.05, 0) is 62.7 Å². The molecule has 7 nitrogen and oxygen atoms in total. The summed E-state index contributed by atoms with van der Waals surface area (Å²) in [7, 11) is 0. The van der Waals surface area contributed by atoms with Gasteiger partial charge in [0.25, 0.3) is 11.8 Å². The molecule has 3 aromatic carbocycles. The Morgan fingerprint density at radius 2 is 1.56 bits per heavy atom. The van der Waals surface area contributed by atoms with E-state index in [2.05, 4.69) is 0 Å². The first-order chi connectivity index (χ1) is 17.3. The van der Waals surface area contributed by atoms with Crippen LogP contribution in [-0.4, -0.2) is 41.2 Å². The van der Waals surface area contributed by atoms with Crippen LogP contribution in [0.1, 0.15) is 58.2 Å². The van der Waals surface area contributed by atoms with Crippen LogP contribution in [0, 0.1) is 6.92 Å². The Bertz CT molecular complexity index is 1270. The summed E-state index contributed by atoms with van der Waals surface area (Å²) < 4.78 is 5.00. The number of esters is 1. The molecule has 2 atom stereocenters. The molecule has 0 radical (unpaired) electrons. The van der Waals surface area contributed by atoms with Crippen LogP contribution in [0.25, 0.3) is 0 Å². The van der Waals surface area contributed by atoms with Gasteiger partial charge in [0.2, 0.25) is 5.91 Å². The minimum atomic E-state index is -0.966. The molecular formula is C29H28N2O5. The molecule has 184 valence electrons. The number of carbonyl (C=O) groups excluding carboxylic acids is 4. The third kappa shape index (κ3) is 4.91. The molecule has 1 saturated heterocycles. The lowest BCUT2D eigenvalue weighted by Gasteiger charge is -2.33. The maximum absolute atomic E-state index is 13.7. The Morgan fingerprint density at radius 3 is 2.17 bits per heavy atom. The van der Waals surface area contributed by atoms with Gasteiger partial charge >= 0.3 is 5.97 Å². The van der Waals surface area contributed by atoms with Crippen LogP contribution < -0.4 is 4.90 Å². The highest BCUT2D eigenvalue weighted by Crippen LogP contribution is 2.32. The van der Waals surface area contributed by atoms with Crippen molar-refractivity contribution < 1.29 is 23.9 Å². The van der Waals surface area contributed by atoms with E-state index in [0.29, 0.717) is 16.8 Å². The Morgan fingerprint density at radius 1 is 0.944 bits per heavy atom. The highest BCUT2D eigenvalue weighted by molar-refractivity contribution is 6.23. The summed E-state index contributed by atoms with van der Waals surface area (Å²) in [6.45, 7) is 5.75. The van der Waals surface area contributed by atoms with Crippen LogP contribution in [-0.2, 0) is 14.3 Å². The number of aryl methyl sites for hydroxylation is 1. The van der Waals surface area contributed by atoms with Crippen molar-refractivity contribution in [1.82, 2.24) is 4.90 Å². The molecule has 1 fully saturated rings. The fraction of sp³-hybridized carbons (Fsp3) is 0.241. The predicted octanol–water partition coefficient (Wildman–Crippen LogP) is 4.71. The van der Waals surface area contributed by atoms with Crippen molar-refractivity contribution in [2.24, 2.45) is 0 Å². The minimum Gasteiger partial charge on any atom is -0.462 e. The predicted molar refractivity (Wildman–Crippen MR) is 136 cm³/mol. The summed E-state index contributed by atoms with van der Waals surface area (Å²) in [5.41, 5.74) is 2.98. The van der Waals surface area contributed by atoms with Gasteiger partial charge in [0.15, 0.2) is 0 Å². The normalized spacial score (nSPS) is 16.1. The fourth-order valence-electron chi connectivity index (χ4n) is 4.39. The van der Waals surface area contributed by atoms with Crippen molar-refractivity contribution >= 4 is 29.4 Å². The van der Waals surface area contributed by atoms with E-state index in [0.717, 1.165) is 16.0 Å². The van der Waals surface area contributed by atoms with Crippen molar-refractivity contribution in [2.45, 2.75) is 39.3 Å². The number of nitrogens with zero attached hydrogens (tertiary/aromatic N) is 2. The van der Waals surface area contributed by atoms with E-state index < -0.39 is 29.9 Å². The first-order valence-corrected chi connectivity index (χ1v) is 11.9. The molecule has 0 aromatic heterocycles. The number of benzene rings is 3. The maximum Gasteiger partial charge on any atom is 0.338 e. The monoisotopic (exact) mass is 484 g/mol. The number of amides is 3. The zero-order chi connectivity index (χ0) is 25.8. The molecule has 1 heterocycles. The van der Waals surface area contributed by atoms with Gasteiger partial charge in [0.05, 0.1) is 30.3 Å². The topological polar surface area (TPSA) is 84.0 Å². The Balaban J connectivity index is 1.67. The second-order valence-electron chi connectivity index (χ2n) is 8.72. The van der Waals surface area contributed by atoms with E-state index in [1.165, 1.54) is 29.2 Å². The molecule has 0 bridgehead atoms. The van der Waals surface area contributed by atoms with Crippen molar-refractivity contribution in [3.8, 4) is 0 Å². The first-order valence-electron chi connectivity index (χ1n) is 11.9. The Labute approximate surface area is 210 Å². The second-order valence-corrected chi connectivity index (χ2v) is 8.72. The fourth-order valence-corrected chi connectivity index (χ4v) is 4.39. The largest absolute Gasteiger partial charge is 0.462 e.